The number of sulfonamides is 1. The van der Waals surface area contributed by atoms with Crippen molar-refractivity contribution >= 4 is 32.0 Å². The first-order valence-electron chi connectivity index (χ1n) is 8.88. The monoisotopic (exact) mass is 447 g/mol. The zero-order valence-electron chi connectivity index (χ0n) is 14.5. The Hall–Kier alpha value is -1.19. The highest BCUT2D eigenvalue weighted by atomic mass is 79.9. The molecule has 1 aliphatic carbocycles. The number of amides is 2. The Kier molecular flexibility index (Phi) is 6.19. The number of hydrogen-bond donors (Lipinski definition) is 1. The van der Waals surface area contributed by atoms with E-state index < -0.39 is 15.8 Å². The lowest BCUT2D eigenvalue weighted by atomic mass is 9.96. The molecule has 1 heterocycles. The van der Waals surface area contributed by atoms with Gasteiger partial charge in [-0.1, -0.05) is 19.3 Å². The van der Waals surface area contributed by atoms with Crippen molar-refractivity contribution < 1.29 is 17.6 Å². The van der Waals surface area contributed by atoms with Crippen molar-refractivity contribution in [3.8, 4) is 0 Å². The van der Waals surface area contributed by atoms with E-state index in [0.29, 0.717) is 13.1 Å². The molecule has 2 fully saturated rings. The topological polar surface area (TPSA) is 69.7 Å². The smallest absolute Gasteiger partial charge is 0.317 e. The summed E-state index contributed by atoms with van der Waals surface area (Å²) in [7, 11) is -3.72. The molecule has 0 bridgehead atoms. The molecule has 1 saturated heterocycles. The van der Waals surface area contributed by atoms with Gasteiger partial charge in [0, 0.05) is 36.7 Å². The molecule has 1 N–H and O–H groups in total. The van der Waals surface area contributed by atoms with Crippen LogP contribution < -0.4 is 5.32 Å². The number of benzene rings is 1. The summed E-state index contributed by atoms with van der Waals surface area (Å²) in [4.78, 5) is 14.1. The number of halogens is 2. The largest absolute Gasteiger partial charge is 0.335 e. The maximum Gasteiger partial charge on any atom is 0.317 e. The van der Waals surface area contributed by atoms with Crippen LogP contribution in [0.1, 0.15) is 32.1 Å². The molecule has 0 aromatic heterocycles. The first-order chi connectivity index (χ1) is 12.4. The van der Waals surface area contributed by atoms with Gasteiger partial charge in [0.25, 0.3) is 0 Å². The number of carbonyl (C=O) groups is 1. The summed E-state index contributed by atoms with van der Waals surface area (Å²) in [6, 6.07) is 3.65. The first-order valence-corrected chi connectivity index (χ1v) is 11.1. The number of rotatable bonds is 3. The second-order valence-electron chi connectivity index (χ2n) is 6.75. The summed E-state index contributed by atoms with van der Waals surface area (Å²) in [5.74, 6) is -0.500. The summed E-state index contributed by atoms with van der Waals surface area (Å²) in [6.45, 7) is 1.14. The molecule has 26 heavy (non-hydrogen) atoms. The van der Waals surface area contributed by atoms with Crippen molar-refractivity contribution in [1.82, 2.24) is 14.5 Å². The van der Waals surface area contributed by atoms with Crippen LogP contribution in [-0.2, 0) is 10.0 Å². The van der Waals surface area contributed by atoms with Crippen molar-refractivity contribution in [2.45, 2.75) is 43.0 Å². The zero-order valence-corrected chi connectivity index (χ0v) is 16.9. The molecule has 2 aliphatic rings. The Morgan fingerprint density at radius 2 is 1.77 bits per heavy atom. The molecular formula is C17H23BrFN3O3S. The molecule has 6 nitrogen and oxygen atoms in total. The van der Waals surface area contributed by atoms with E-state index in [1.54, 1.807) is 4.90 Å². The Labute approximate surface area is 161 Å². The third-order valence-electron chi connectivity index (χ3n) is 4.97. The van der Waals surface area contributed by atoms with E-state index in [2.05, 4.69) is 21.2 Å². The van der Waals surface area contributed by atoms with Crippen LogP contribution in [0.25, 0.3) is 0 Å². The lowest BCUT2D eigenvalue weighted by Crippen LogP contribution is -2.54. The van der Waals surface area contributed by atoms with E-state index in [4.69, 9.17) is 0 Å². The molecule has 2 amide bonds. The van der Waals surface area contributed by atoms with E-state index in [1.165, 1.54) is 16.8 Å². The summed E-state index contributed by atoms with van der Waals surface area (Å²) in [6.07, 6.45) is 5.53. The van der Waals surface area contributed by atoms with E-state index >= 15 is 0 Å². The van der Waals surface area contributed by atoms with Crippen molar-refractivity contribution in [2.75, 3.05) is 26.2 Å². The summed E-state index contributed by atoms with van der Waals surface area (Å²) >= 11 is 3.12. The van der Waals surface area contributed by atoms with Gasteiger partial charge in [-0.3, -0.25) is 0 Å². The van der Waals surface area contributed by atoms with Gasteiger partial charge in [-0.25, -0.2) is 17.6 Å². The highest BCUT2D eigenvalue weighted by molar-refractivity contribution is 9.10. The minimum atomic E-state index is -3.72. The van der Waals surface area contributed by atoms with Gasteiger partial charge in [0.05, 0.1) is 4.90 Å². The molecular weight excluding hydrogens is 425 g/mol. The predicted octanol–water partition coefficient (Wildman–Crippen LogP) is 2.94. The van der Waals surface area contributed by atoms with Gasteiger partial charge in [0.1, 0.15) is 5.82 Å². The quantitative estimate of drug-likeness (QED) is 0.773. The summed E-state index contributed by atoms with van der Waals surface area (Å²) in [5.41, 5.74) is 0. The fourth-order valence-electron chi connectivity index (χ4n) is 3.47. The van der Waals surface area contributed by atoms with E-state index in [1.807, 2.05) is 0 Å². The molecule has 3 rings (SSSR count). The van der Waals surface area contributed by atoms with Crippen LogP contribution in [-0.4, -0.2) is 55.9 Å². The zero-order chi connectivity index (χ0) is 18.7. The van der Waals surface area contributed by atoms with Gasteiger partial charge in [-0.2, -0.15) is 4.31 Å². The second-order valence-corrected chi connectivity index (χ2v) is 9.51. The van der Waals surface area contributed by atoms with Gasteiger partial charge in [0.2, 0.25) is 10.0 Å². The average molecular weight is 448 g/mol. The minimum absolute atomic E-state index is 0.0407. The SMILES string of the molecule is O=C(NC1CCCCC1)N1CCN(S(=O)(=O)c2ccc(F)cc2Br)CC1. The molecule has 0 spiro atoms. The molecule has 144 valence electrons. The van der Waals surface area contributed by atoms with E-state index in [9.17, 15) is 17.6 Å². The number of piperazine rings is 1. The van der Waals surface area contributed by atoms with Crippen molar-refractivity contribution in [3.63, 3.8) is 0 Å². The summed E-state index contributed by atoms with van der Waals surface area (Å²) in [5, 5.41) is 3.06. The predicted molar refractivity (Wildman–Crippen MR) is 99.8 cm³/mol. The highest BCUT2D eigenvalue weighted by Crippen LogP contribution is 2.26. The van der Waals surface area contributed by atoms with Crippen LogP contribution in [0, 0.1) is 5.82 Å². The minimum Gasteiger partial charge on any atom is -0.335 e. The van der Waals surface area contributed by atoms with Gasteiger partial charge in [0.15, 0.2) is 0 Å². The third-order valence-corrected chi connectivity index (χ3v) is 7.85. The van der Waals surface area contributed by atoms with Gasteiger partial charge in [-0.15, -0.1) is 0 Å². The standard InChI is InChI=1S/C17H23BrFN3O3S/c18-15-12-13(19)6-7-16(15)26(24,25)22-10-8-21(9-11-22)17(23)20-14-4-2-1-3-5-14/h6-7,12,14H,1-5,8-11H2,(H,20,23). The highest BCUT2D eigenvalue weighted by Gasteiger charge is 2.32. The Balaban J connectivity index is 1.59. The molecule has 1 saturated carbocycles. The Morgan fingerprint density at radius 1 is 1.12 bits per heavy atom. The fourth-order valence-corrected chi connectivity index (χ4v) is 5.90. The fraction of sp³-hybridized carbons (Fsp3) is 0.588. The van der Waals surface area contributed by atoms with E-state index in [0.717, 1.165) is 37.8 Å². The van der Waals surface area contributed by atoms with Gasteiger partial charge in [-0.05, 0) is 47.0 Å². The van der Waals surface area contributed by atoms with Crippen LogP contribution >= 0.6 is 15.9 Å². The van der Waals surface area contributed by atoms with Crippen molar-refractivity contribution in [3.05, 3.63) is 28.5 Å². The number of nitrogens with one attached hydrogen (secondary N) is 1. The molecule has 9 heteroatoms. The molecule has 0 radical (unpaired) electrons. The van der Waals surface area contributed by atoms with Gasteiger partial charge >= 0.3 is 6.03 Å². The molecule has 1 aliphatic heterocycles. The van der Waals surface area contributed by atoms with E-state index in [-0.39, 0.29) is 34.5 Å². The maximum absolute atomic E-state index is 13.2. The number of nitrogens with zero attached hydrogens (tertiary/aromatic N) is 2. The second kappa shape index (κ2) is 8.22. The van der Waals surface area contributed by atoms with Crippen LogP contribution in [0.15, 0.2) is 27.6 Å². The normalized spacial score (nSPS) is 20.2. The molecule has 1 aromatic carbocycles. The molecule has 0 unspecified atom stereocenters. The maximum atomic E-state index is 13.2. The van der Waals surface area contributed by atoms with Crippen LogP contribution in [0.2, 0.25) is 0 Å². The Bertz CT molecular complexity index is 761. The molecule has 1 aromatic rings. The Morgan fingerprint density at radius 3 is 2.38 bits per heavy atom. The summed E-state index contributed by atoms with van der Waals surface area (Å²) < 4.78 is 40.3. The lowest BCUT2D eigenvalue weighted by molar-refractivity contribution is 0.166. The van der Waals surface area contributed by atoms with Crippen LogP contribution in [0.5, 0.6) is 0 Å². The average Bonchev–Trinajstić information content (AvgIpc) is 2.62. The van der Waals surface area contributed by atoms with Crippen LogP contribution in [0.4, 0.5) is 9.18 Å². The number of urea groups is 1. The van der Waals surface area contributed by atoms with Crippen molar-refractivity contribution in [2.24, 2.45) is 0 Å². The van der Waals surface area contributed by atoms with Crippen LogP contribution in [0.3, 0.4) is 0 Å². The first kappa shape index (κ1) is 19.6. The molecule has 0 atom stereocenters. The number of hydrogen-bond acceptors (Lipinski definition) is 3. The number of carbonyl (C=O) groups excluding carboxylic acids is 1. The lowest BCUT2D eigenvalue weighted by Gasteiger charge is -2.35. The third kappa shape index (κ3) is 4.37. The van der Waals surface area contributed by atoms with Crippen molar-refractivity contribution in [1.29, 1.82) is 0 Å². The van der Waals surface area contributed by atoms with Gasteiger partial charge < -0.3 is 10.2 Å².